The maximum atomic E-state index is 5.76. The molecule has 1 heterocycles. The number of benzene rings is 1. The molecule has 2 rings (SSSR count). The zero-order chi connectivity index (χ0) is 14.2. The smallest absolute Gasteiger partial charge is 0.119 e. The van der Waals surface area contributed by atoms with Gasteiger partial charge in [-0.25, -0.2) is 0 Å². The van der Waals surface area contributed by atoms with Crippen molar-refractivity contribution in [3.05, 3.63) is 29.8 Å². The van der Waals surface area contributed by atoms with Crippen LogP contribution in [0.5, 0.6) is 5.75 Å². The van der Waals surface area contributed by atoms with E-state index >= 15 is 0 Å². The fourth-order valence-electron chi connectivity index (χ4n) is 2.53. The predicted molar refractivity (Wildman–Crippen MR) is 83.0 cm³/mol. The highest BCUT2D eigenvalue weighted by atomic mass is 16.5. The molecule has 4 heteroatoms. The van der Waals surface area contributed by atoms with Gasteiger partial charge in [-0.3, -0.25) is 0 Å². The van der Waals surface area contributed by atoms with Crippen molar-refractivity contribution in [3.8, 4) is 5.75 Å². The molecule has 1 saturated heterocycles. The van der Waals surface area contributed by atoms with Crippen LogP contribution in [0.25, 0.3) is 0 Å². The van der Waals surface area contributed by atoms with Gasteiger partial charge < -0.3 is 20.3 Å². The molecule has 0 unspecified atom stereocenters. The molecule has 1 aromatic carbocycles. The Hall–Kier alpha value is -1.10. The van der Waals surface area contributed by atoms with E-state index < -0.39 is 0 Å². The van der Waals surface area contributed by atoms with E-state index in [1.807, 2.05) is 24.3 Å². The Labute approximate surface area is 122 Å². The van der Waals surface area contributed by atoms with E-state index in [0.717, 1.165) is 30.9 Å². The van der Waals surface area contributed by atoms with Gasteiger partial charge in [-0.05, 0) is 30.7 Å². The van der Waals surface area contributed by atoms with Gasteiger partial charge in [0, 0.05) is 39.3 Å². The second-order valence-corrected chi connectivity index (χ2v) is 5.33. The number of nitrogens with zero attached hydrogens (tertiary/aromatic N) is 2. The maximum absolute atomic E-state index is 5.76. The summed E-state index contributed by atoms with van der Waals surface area (Å²) in [6.45, 7) is 10.7. The van der Waals surface area contributed by atoms with E-state index in [0.29, 0.717) is 6.54 Å². The van der Waals surface area contributed by atoms with Crippen LogP contribution in [0.3, 0.4) is 0 Å². The van der Waals surface area contributed by atoms with Crippen LogP contribution in [0, 0.1) is 0 Å². The molecule has 4 nitrogen and oxygen atoms in total. The van der Waals surface area contributed by atoms with Crippen molar-refractivity contribution in [2.24, 2.45) is 5.73 Å². The van der Waals surface area contributed by atoms with E-state index in [1.54, 1.807) is 0 Å². The summed E-state index contributed by atoms with van der Waals surface area (Å²) < 4.78 is 5.76. The summed E-state index contributed by atoms with van der Waals surface area (Å²) in [5, 5.41) is 0. The van der Waals surface area contributed by atoms with Crippen LogP contribution in [0.1, 0.15) is 18.9 Å². The van der Waals surface area contributed by atoms with Gasteiger partial charge in [0.2, 0.25) is 0 Å². The fourth-order valence-corrected chi connectivity index (χ4v) is 2.53. The van der Waals surface area contributed by atoms with Crippen LogP contribution in [0.4, 0.5) is 0 Å². The summed E-state index contributed by atoms with van der Waals surface area (Å²) in [6, 6.07) is 8.06. The van der Waals surface area contributed by atoms with Crippen molar-refractivity contribution in [1.82, 2.24) is 9.80 Å². The van der Waals surface area contributed by atoms with Crippen LogP contribution >= 0.6 is 0 Å². The second-order valence-electron chi connectivity index (χ2n) is 5.33. The van der Waals surface area contributed by atoms with Crippen molar-refractivity contribution in [3.63, 3.8) is 0 Å². The molecular weight excluding hydrogens is 250 g/mol. The van der Waals surface area contributed by atoms with Gasteiger partial charge in [0.1, 0.15) is 5.75 Å². The lowest BCUT2D eigenvalue weighted by Gasteiger charge is -2.33. The Bertz CT molecular complexity index is 372. The number of likely N-dealkylation sites (N-methyl/N-ethyl adjacent to an activating group) is 1. The first-order valence-electron chi connectivity index (χ1n) is 7.68. The minimum atomic E-state index is 0.587. The summed E-state index contributed by atoms with van der Waals surface area (Å²) in [6.07, 6.45) is 1.09. The van der Waals surface area contributed by atoms with Gasteiger partial charge >= 0.3 is 0 Å². The number of ether oxygens (including phenoxy) is 1. The van der Waals surface area contributed by atoms with Crippen molar-refractivity contribution < 1.29 is 4.74 Å². The van der Waals surface area contributed by atoms with Crippen LogP contribution in [0.2, 0.25) is 0 Å². The lowest BCUT2D eigenvalue weighted by molar-refractivity contribution is 0.130. The lowest BCUT2D eigenvalue weighted by atomic mass is 10.2. The normalized spacial score (nSPS) is 17.3. The summed E-state index contributed by atoms with van der Waals surface area (Å²) in [5.41, 5.74) is 6.72. The molecule has 0 spiro atoms. The average Bonchev–Trinajstić information content (AvgIpc) is 2.53. The zero-order valence-electron chi connectivity index (χ0n) is 12.6. The third kappa shape index (κ3) is 4.78. The minimum absolute atomic E-state index is 0.587. The molecule has 0 bridgehead atoms. The average molecular weight is 277 g/mol. The number of nitrogens with two attached hydrogens (primary N) is 1. The van der Waals surface area contributed by atoms with E-state index in [4.69, 9.17) is 10.5 Å². The summed E-state index contributed by atoms with van der Waals surface area (Å²) in [7, 11) is 0. The molecule has 1 aromatic rings. The molecule has 112 valence electrons. The van der Waals surface area contributed by atoms with Gasteiger partial charge in [0.25, 0.3) is 0 Å². The molecule has 0 saturated carbocycles. The first-order valence-corrected chi connectivity index (χ1v) is 7.68. The molecule has 20 heavy (non-hydrogen) atoms. The number of hydrogen-bond acceptors (Lipinski definition) is 4. The molecule has 0 aliphatic carbocycles. The van der Waals surface area contributed by atoms with Gasteiger partial charge in [0.15, 0.2) is 0 Å². The van der Waals surface area contributed by atoms with Crippen molar-refractivity contribution >= 4 is 0 Å². The highest BCUT2D eigenvalue weighted by molar-refractivity contribution is 5.26. The topological polar surface area (TPSA) is 41.7 Å². The van der Waals surface area contributed by atoms with E-state index in [2.05, 4.69) is 16.7 Å². The van der Waals surface area contributed by atoms with Crippen LogP contribution < -0.4 is 10.5 Å². The molecular formula is C16H27N3O. The molecule has 0 atom stereocenters. The molecule has 2 N–H and O–H groups in total. The zero-order valence-corrected chi connectivity index (χ0v) is 12.6. The van der Waals surface area contributed by atoms with E-state index in [-0.39, 0.29) is 0 Å². The second kappa shape index (κ2) is 8.25. The highest BCUT2D eigenvalue weighted by Gasteiger charge is 2.14. The third-order valence-electron chi connectivity index (χ3n) is 3.96. The van der Waals surface area contributed by atoms with Gasteiger partial charge in [0.05, 0.1) is 6.61 Å². The van der Waals surface area contributed by atoms with Crippen molar-refractivity contribution in [2.75, 3.05) is 45.9 Å². The quantitative estimate of drug-likeness (QED) is 0.768. The standard InChI is InChI=1S/C16H27N3O/c1-2-18-9-11-19(12-10-18)8-3-13-20-16-6-4-15(14-17)5-7-16/h4-7H,2-3,8-14,17H2,1H3. The first kappa shape index (κ1) is 15.3. The van der Waals surface area contributed by atoms with Crippen molar-refractivity contribution in [2.45, 2.75) is 19.9 Å². The van der Waals surface area contributed by atoms with Gasteiger partial charge in [-0.15, -0.1) is 0 Å². The van der Waals surface area contributed by atoms with Gasteiger partial charge in [-0.1, -0.05) is 19.1 Å². The molecule has 0 aromatic heterocycles. The number of rotatable bonds is 7. The third-order valence-corrected chi connectivity index (χ3v) is 3.96. The Kier molecular flexibility index (Phi) is 6.30. The van der Waals surface area contributed by atoms with Crippen LogP contribution in [0.15, 0.2) is 24.3 Å². The van der Waals surface area contributed by atoms with E-state index in [9.17, 15) is 0 Å². The lowest BCUT2D eigenvalue weighted by Crippen LogP contribution is -2.46. The molecule has 0 radical (unpaired) electrons. The van der Waals surface area contributed by atoms with Gasteiger partial charge in [-0.2, -0.15) is 0 Å². The summed E-state index contributed by atoms with van der Waals surface area (Å²) in [5.74, 6) is 0.943. The number of hydrogen-bond donors (Lipinski definition) is 1. The monoisotopic (exact) mass is 277 g/mol. The summed E-state index contributed by atoms with van der Waals surface area (Å²) in [4.78, 5) is 5.04. The summed E-state index contributed by atoms with van der Waals surface area (Å²) >= 11 is 0. The highest BCUT2D eigenvalue weighted by Crippen LogP contribution is 2.12. The predicted octanol–water partition coefficient (Wildman–Crippen LogP) is 1.55. The number of piperazine rings is 1. The minimum Gasteiger partial charge on any atom is -0.494 e. The molecule has 1 fully saturated rings. The first-order chi connectivity index (χ1) is 9.81. The Morgan fingerprint density at radius 1 is 1.05 bits per heavy atom. The Morgan fingerprint density at radius 2 is 1.70 bits per heavy atom. The van der Waals surface area contributed by atoms with Crippen molar-refractivity contribution in [1.29, 1.82) is 0 Å². The SMILES string of the molecule is CCN1CCN(CCCOc2ccc(CN)cc2)CC1. The van der Waals surface area contributed by atoms with Crippen LogP contribution in [-0.2, 0) is 6.54 Å². The Balaban J connectivity index is 1.59. The molecule has 1 aliphatic rings. The maximum Gasteiger partial charge on any atom is 0.119 e. The van der Waals surface area contributed by atoms with Crippen LogP contribution in [-0.4, -0.2) is 55.7 Å². The molecule has 1 aliphatic heterocycles. The largest absolute Gasteiger partial charge is 0.494 e. The fraction of sp³-hybridized carbons (Fsp3) is 0.625. The molecule has 0 amide bonds. The Morgan fingerprint density at radius 3 is 2.30 bits per heavy atom. The van der Waals surface area contributed by atoms with E-state index in [1.165, 1.54) is 32.7 Å².